The summed E-state index contributed by atoms with van der Waals surface area (Å²) < 4.78 is 11.1. The number of hydrogen-bond donors (Lipinski definition) is 8. The molecule has 1 aromatic rings. The molecule has 0 radical (unpaired) electrons. The van der Waals surface area contributed by atoms with Crippen molar-refractivity contribution in [3.8, 4) is 0 Å². The van der Waals surface area contributed by atoms with E-state index in [0.29, 0.717) is 82.9 Å². The summed E-state index contributed by atoms with van der Waals surface area (Å²) in [4.78, 5) is 12.4. The van der Waals surface area contributed by atoms with Crippen molar-refractivity contribution in [3.63, 3.8) is 0 Å². The number of aldehydes is 1. The van der Waals surface area contributed by atoms with Gasteiger partial charge in [-0.25, -0.2) is 0 Å². The van der Waals surface area contributed by atoms with Crippen LogP contribution in [0.4, 0.5) is 0 Å². The molecule has 10 atom stereocenters. The average molecular weight is 847 g/mol. The van der Waals surface area contributed by atoms with E-state index < -0.39 is 41.6 Å². The van der Waals surface area contributed by atoms with Crippen LogP contribution in [0.25, 0.3) is 0 Å². The van der Waals surface area contributed by atoms with Crippen LogP contribution in [0, 0.1) is 35.0 Å². The molecule has 11 nitrogen and oxygen atoms in total. The number of rotatable bonds is 19. The molecular formula is C50H74N2O9. The molecule has 5 rings (SSSR count). The fourth-order valence-electron chi connectivity index (χ4n) is 11.4. The molecular weight excluding hydrogens is 773 g/mol. The molecule has 1 aliphatic heterocycles. The summed E-state index contributed by atoms with van der Waals surface area (Å²) >= 11 is 0. The number of ether oxygens (including phenoxy) is 2. The van der Waals surface area contributed by atoms with Crippen molar-refractivity contribution in [1.29, 1.82) is 0 Å². The van der Waals surface area contributed by atoms with Crippen LogP contribution < -0.4 is 10.6 Å². The van der Waals surface area contributed by atoms with Gasteiger partial charge in [0, 0.05) is 49.7 Å². The van der Waals surface area contributed by atoms with E-state index in [0.717, 1.165) is 40.6 Å². The molecule has 0 amide bonds. The Labute approximate surface area is 364 Å². The summed E-state index contributed by atoms with van der Waals surface area (Å²) in [6, 6.07) is 8.56. The van der Waals surface area contributed by atoms with E-state index in [1.807, 2.05) is 39.1 Å². The van der Waals surface area contributed by atoms with E-state index in [4.69, 9.17) is 9.47 Å². The predicted octanol–water partition coefficient (Wildman–Crippen LogP) is 5.02. The van der Waals surface area contributed by atoms with Crippen molar-refractivity contribution in [2.75, 3.05) is 53.9 Å². The minimum Gasteiger partial charge on any atom is -0.396 e. The Kier molecular flexibility index (Phi) is 18.1. The lowest BCUT2D eigenvalue weighted by Gasteiger charge is -2.61. The lowest BCUT2D eigenvalue weighted by molar-refractivity contribution is -0.194. The van der Waals surface area contributed by atoms with Gasteiger partial charge < -0.3 is 45.4 Å². The summed E-state index contributed by atoms with van der Waals surface area (Å²) in [6.07, 6.45) is 17.5. The highest BCUT2D eigenvalue weighted by Crippen LogP contribution is 2.67. The first-order valence-electron chi connectivity index (χ1n) is 22.4. The molecule has 61 heavy (non-hydrogen) atoms. The van der Waals surface area contributed by atoms with Gasteiger partial charge in [-0.1, -0.05) is 78.4 Å². The molecule has 4 aliphatic rings. The zero-order chi connectivity index (χ0) is 44.2. The standard InChI is InChI=1S/C50H74N2O9/c1-34(40-14-13-35(2)47(58)52-48(19-8-24-53,22-26-60-5)29-38-11-7-10-37(27-38)28-40)9-6-12-42(32-61-33-56)43-17-20-50(46(43)57)45-39(18-25-54)15-16-41(44(45)36(3)31-55)30-49(50,59)21-23-51-4/h6-7,9-13,15-16,27,31,39-41,43,45-47,51-54,56-59H,1,8,14,17-26,28-30,32-33H2,2-5H3/b9-6+,35-13+,42-12-,44-36?/t39-,40-,41-,43-,45-,46+,47+,48-,49+,50+/m0/s1. The van der Waals surface area contributed by atoms with Crippen LogP contribution in [-0.4, -0.2) is 114 Å². The van der Waals surface area contributed by atoms with Crippen LogP contribution in [0.3, 0.4) is 0 Å². The average Bonchev–Trinajstić information content (AvgIpc) is 3.60. The van der Waals surface area contributed by atoms with Crippen LogP contribution in [0.2, 0.25) is 0 Å². The fourth-order valence-corrected chi connectivity index (χ4v) is 11.4. The second-order valence-electron chi connectivity index (χ2n) is 18.3. The third-order valence-corrected chi connectivity index (χ3v) is 14.6. The van der Waals surface area contributed by atoms with Gasteiger partial charge in [-0.05, 0) is 144 Å². The Morgan fingerprint density at radius 1 is 1.10 bits per heavy atom. The summed E-state index contributed by atoms with van der Waals surface area (Å²) in [5.41, 5.74) is 3.65. The van der Waals surface area contributed by atoms with Gasteiger partial charge in [-0.2, -0.15) is 0 Å². The number of hydrogen-bond acceptors (Lipinski definition) is 11. The van der Waals surface area contributed by atoms with Gasteiger partial charge in [-0.15, -0.1) is 0 Å². The molecule has 0 unspecified atom stereocenters. The molecule has 11 heteroatoms. The number of nitrogens with one attached hydrogen (secondary N) is 2. The SMILES string of the molecule is C=C(/C=C/C=C(/COCO)[C@@H]1CC[C@]2([C@@H]1O)[C@@H]1C(=C(C)C=O)[C@@H](C=C[C@H]1CCO)C[C@]2(O)CCNC)[C@H]1C/C=C(\C)[C@@H](O)N[C@@](CCCO)(CCOC)Cc2cccc(c2)C1. The molecule has 3 aliphatic carbocycles. The molecule has 1 aromatic carbocycles. The number of carbonyl (C=O) groups is 1. The first-order chi connectivity index (χ1) is 29.4. The molecule has 0 aromatic heterocycles. The number of aliphatic hydroxyl groups is 6. The van der Waals surface area contributed by atoms with Crippen LogP contribution in [0.5, 0.6) is 0 Å². The minimum absolute atomic E-state index is 0.0121. The van der Waals surface area contributed by atoms with E-state index in [1.165, 1.54) is 5.56 Å². The summed E-state index contributed by atoms with van der Waals surface area (Å²) in [5, 5.41) is 73.7. The molecule has 1 spiro atoms. The number of aliphatic hydroxyl groups excluding tert-OH is 5. The van der Waals surface area contributed by atoms with Crippen molar-refractivity contribution in [2.45, 2.75) is 108 Å². The van der Waals surface area contributed by atoms with Gasteiger partial charge in [0.2, 0.25) is 0 Å². The van der Waals surface area contributed by atoms with Crippen LogP contribution >= 0.6 is 0 Å². The Morgan fingerprint density at radius 3 is 2.59 bits per heavy atom. The number of fused-ring (bicyclic) bond motifs is 5. The van der Waals surface area contributed by atoms with E-state index in [2.05, 4.69) is 59.7 Å². The number of methoxy groups -OCH3 is 1. The van der Waals surface area contributed by atoms with Crippen LogP contribution in [-0.2, 0) is 27.1 Å². The van der Waals surface area contributed by atoms with Crippen LogP contribution in [0.1, 0.15) is 82.8 Å². The number of carbonyl (C=O) groups excluding carboxylic acids is 1. The van der Waals surface area contributed by atoms with Crippen molar-refractivity contribution in [2.24, 2.45) is 35.0 Å². The molecule has 8 N–H and O–H groups in total. The highest BCUT2D eigenvalue weighted by Gasteiger charge is 2.68. The third-order valence-electron chi connectivity index (χ3n) is 14.6. The largest absolute Gasteiger partial charge is 0.396 e. The van der Waals surface area contributed by atoms with Crippen molar-refractivity contribution in [1.82, 2.24) is 10.6 Å². The maximum Gasteiger partial charge on any atom is 0.145 e. The predicted molar refractivity (Wildman–Crippen MR) is 239 cm³/mol. The summed E-state index contributed by atoms with van der Waals surface area (Å²) in [7, 11) is 3.53. The number of benzene rings is 1. The second kappa shape index (κ2) is 22.5. The zero-order valence-corrected chi connectivity index (χ0v) is 37.0. The first kappa shape index (κ1) is 49.0. The molecule has 0 saturated heterocycles. The van der Waals surface area contributed by atoms with Gasteiger partial charge in [-0.3, -0.25) is 10.1 Å². The lowest BCUT2D eigenvalue weighted by Crippen LogP contribution is -2.65. The van der Waals surface area contributed by atoms with E-state index in [1.54, 1.807) is 7.11 Å². The van der Waals surface area contributed by atoms with Crippen molar-refractivity contribution >= 4 is 6.29 Å². The van der Waals surface area contributed by atoms with Gasteiger partial charge in [0.25, 0.3) is 0 Å². The highest BCUT2D eigenvalue weighted by molar-refractivity contribution is 5.74. The van der Waals surface area contributed by atoms with E-state index >= 15 is 0 Å². The quantitative estimate of drug-likeness (QED) is 0.0308. The smallest absolute Gasteiger partial charge is 0.145 e. The Bertz CT molecular complexity index is 1780. The fraction of sp³-hybridized carbons (Fsp3) is 0.620. The maximum absolute atomic E-state index is 12.9. The topological polar surface area (TPSA) is 181 Å². The normalized spacial score (nSPS) is 34.8. The monoisotopic (exact) mass is 847 g/mol. The first-order valence-corrected chi connectivity index (χ1v) is 22.4. The Hall–Kier alpha value is -3.07. The molecule has 4 bridgehead atoms. The molecule has 338 valence electrons. The van der Waals surface area contributed by atoms with Gasteiger partial charge in [0.1, 0.15) is 19.3 Å². The van der Waals surface area contributed by atoms with Crippen molar-refractivity contribution < 1.29 is 44.9 Å². The van der Waals surface area contributed by atoms with Gasteiger partial charge in [0.05, 0.1) is 18.3 Å². The Balaban J connectivity index is 1.47. The molecule has 1 heterocycles. The zero-order valence-electron chi connectivity index (χ0n) is 37.0. The molecule has 2 saturated carbocycles. The molecule has 2 fully saturated rings. The van der Waals surface area contributed by atoms with Gasteiger partial charge >= 0.3 is 0 Å². The lowest BCUT2D eigenvalue weighted by atomic mass is 9.45. The highest BCUT2D eigenvalue weighted by atomic mass is 16.6. The third kappa shape index (κ3) is 11.0. The number of allylic oxidation sites excluding steroid dienone is 9. The second-order valence-corrected chi connectivity index (χ2v) is 18.3. The van der Waals surface area contributed by atoms with Crippen molar-refractivity contribution in [3.05, 3.63) is 106 Å². The maximum atomic E-state index is 12.9. The van der Waals surface area contributed by atoms with Gasteiger partial charge in [0.15, 0.2) is 0 Å². The summed E-state index contributed by atoms with van der Waals surface area (Å²) in [5.74, 6) is -1.06. The van der Waals surface area contributed by atoms with E-state index in [-0.39, 0.29) is 43.5 Å². The van der Waals surface area contributed by atoms with Crippen LogP contribution in [0.15, 0.2) is 95.2 Å². The summed E-state index contributed by atoms with van der Waals surface area (Å²) in [6.45, 7) is 8.94. The van der Waals surface area contributed by atoms with E-state index in [9.17, 15) is 35.4 Å². The minimum atomic E-state index is -1.26. The Morgan fingerprint density at radius 2 is 1.89 bits per heavy atom.